The normalized spacial score (nSPS) is 18.5. The molecule has 3 nitrogen and oxygen atoms in total. The van der Waals surface area contributed by atoms with Crippen LogP contribution in [-0.4, -0.2) is 26.4 Å². The molecule has 1 saturated heterocycles. The van der Waals surface area contributed by atoms with Crippen LogP contribution in [0.15, 0.2) is 18.2 Å². The van der Waals surface area contributed by atoms with Gasteiger partial charge in [0.15, 0.2) is 11.5 Å². The first kappa shape index (κ1) is 14.7. The summed E-state index contributed by atoms with van der Waals surface area (Å²) < 4.78 is 16.7. The SMILES string of the molecule is COc1ccc(CBr)cc1OCCCC1CCCO1. The summed E-state index contributed by atoms with van der Waals surface area (Å²) in [5, 5.41) is 0.823. The van der Waals surface area contributed by atoms with Crippen molar-refractivity contribution in [2.75, 3.05) is 20.3 Å². The molecule has 1 aromatic carbocycles. The van der Waals surface area contributed by atoms with Crippen LogP contribution in [0, 0.1) is 0 Å². The molecule has 0 amide bonds. The van der Waals surface area contributed by atoms with Gasteiger partial charge in [-0.15, -0.1) is 0 Å². The lowest BCUT2D eigenvalue weighted by atomic mass is 10.1. The third kappa shape index (κ3) is 4.39. The highest BCUT2D eigenvalue weighted by Crippen LogP contribution is 2.29. The van der Waals surface area contributed by atoms with E-state index in [0.29, 0.717) is 12.7 Å². The number of benzene rings is 1. The molecule has 1 atom stereocenters. The molecule has 1 heterocycles. The summed E-state index contributed by atoms with van der Waals surface area (Å²) in [5.74, 6) is 1.62. The number of hydrogen-bond donors (Lipinski definition) is 0. The molecule has 1 aliphatic heterocycles. The van der Waals surface area contributed by atoms with Gasteiger partial charge in [0.2, 0.25) is 0 Å². The number of rotatable bonds is 7. The molecule has 0 saturated carbocycles. The summed E-state index contributed by atoms with van der Waals surface area (Å²) >= 11 is 3.45. The summed E-state index contributed by atoms with van der Waals surface area (Å²) in [4.78, 5) is 0. The van der Waals surface area contributed by atoms with Crippen LogP contribution in [0.2, 0.25) is 0 Å². The largest absolute Gasteiger partial charge is 0.493 e. The van der Waals surface area contributed by atoms with Crippen LogP contribution < -0.4 is 9.47 Å². The number of methoxy groups -OCH3 is 1. The van der Waals surface area contributed by atoms with Gasteiger partial charge in [0.05, 0.1) is 19.8 Å². The summed E-state index contributed by atoms with van der Waals surface area (Å²) in [7, 11) is 1.67. The highest BCUT2D eigenvalue weighted by Gasteiger charge is 2.14. The summed E-state index contributed by atoms with van der Waals surface area (Å²) in [6, 6.07) is 6.01. The van der Waals surface area contributed by atoms with Crippen molar-refractivity contribution < 1.29 is 14.2 Å². The summed E-state index contributed by atoms with van der Waals surface area (Å²) in [6.07, 6.45) is 4.95. The minimum atomic E-state index is 0.444. The second-order valence-corrected chi connectivity index (χ2v) is 5.31. The fourth-order valence-electron chi connectivity index (χ4n) is 2.28. The fraction of sp³-hybridized carbons (Fsp3) is 0.600. The maximum atomic E-state index is 5.83. The van der Waals surface area contributed by atoms with Crippen LogP contribution >= 0.6 is 15.9 Å². The van der Waals surface area contributed by atoms with Crippen molar-refractivity contribution in [1.29, 1.82) is 0 Å². The Hall–Kier alpha value is -0.740. The first-order chi connectivity index (χ1) is 9.33. The molecule has 0 bridgehead atoms. The van der Waals surface area contributed by atoms with Crippen LogP contribution in [0.4, 0.5) is 0 Å². The molecule has 0 N–H and O–H groups in total. The lowest BCUT2D eigenvalue weighted by molar-refractivity contribution is 0.0980. The van der Waals surface area contributed by atoms with E-state index in [-0.39, 0.29) is 0 Å². The minimum Gasteiger partial charge on any atom is -0.493 e. The van der Waals surface area contributed by atoms with Gasteiger partial charge in [0, 0.05) is 11.9 Å². The van der Waals surface area contributed by atoms with Crippen LogP contribution in [0.1, 0.15) is 31.2 Å². The van der Waals surface area contributed by atoms with E-state index in [1.807, 2.05) is 18.2 Å². The van der Waals surface area contributed by atoms with Crippen molar-refractivity contribution in [3.63, 3.8) is 0 Å². The van der Waals surface area contributed by atoms with E-state index in [2.05, 4.69) is 15.9 Å². The smallest absolute Gasteiger partial charge is 0.161 e. The molecule has 0 aliphatic carbocycles. The van der Waals surface area contributed by atoms with Gasteiger partial charge in [-0.1, -0.05) is 22.0 Å². The second-order valence-electron chi connectivity index (χ2n) is 4.74. The van der Waals surface area contributed by atoms with Crippen molar-refractivity contribution in [3.05, 3.63) is 23.8 Å². The van der Waals surface area contributed by atoms with Crippen molar-refractivity contribution >= 4 is 15.9 Å². The van der Waals surface area contributed by atoms with Gasteiger partial charge in [0.1, 0.15) is 0 Å². The molecule has 106 valence electrons. The average Bonchev–Trinajstić information content (AvgIpc) is 2.96. The van der Waals surface area contributed by atoms with Gasteiger partial charge < -0.3 is 14.2 Å². The summed E-state index contributed by atoms with van der Waals surface area (Å²) in [5.41, 5.74) is 1.19. The Morgan fingerprint density at radius 2 is 2.26 bits per heavy atom. The number of alkyl halides is 1. The lowest BCUT2D eigenvalue weighted by Gasteiger charge is -2.13. The Morgan fingerprint density at radius 3 is 2.95 bits per heavy atom. The standard InChI is InChI=1S/C15H21BrO3/c1-17-14-7-6-12(11-16)10-15(14)19-9-3-5-13-4-2-8-18-13/h6-7,10,13H,2-5,8-9,11H2,1H3. The Morgan fingerprint density at radius 1 is 1.37 bits per heavy atom. The van der Waals surface area contributed by atoms with Gasteiger partial charge in [-0.3, -0.25) is 0 Å². The Kier molecular flexibility index (Phi) is 5.98. The molecule has 1 unspecified atom stereocenters. The minimum absolute atomic E-state index is 0.444. The lowest BCUT2D eigenvalue weighted by Crippen LogP contribution is -2.08. The second kappa shape index (κ2) is 7.75. The zero-order valence-electron chi connectivity index (χ0n) is 11.4. The molecule has 0 aromatic heterocycles. The van der Waals surface area contributed by atoms with Gasteiger partial charge in [-0.25, -0.2) is 0 Å². The van der Waals surface area contributed by atoms with E-state index < -0.39 is 0 Å². The van der Waals surface area contributed by atoms with Gasteiger partial charge in [-0.05, 0) is 43.4 Å². The third-order valence-corrected chi connectivity index (χ3v) is 3.98. The quantitative estimate of drug-likeness (QED) is 0.560. The van der Waals surface area contributed by atoms with E-state index in [1.54, 1.807) is 7.11 Å². The predicted molar refractivity (Wildman–Crippen MR) is 79.3 cm³/mol. The molecule has 4 heteroatoms. The van der Waals surface area contributed by atoms with Crippen molar-refractivity contribution in [3.8, 4) is 11.5 Å². The first-order valence-electron chi connectivity index (χ1n) is 6.80. The summed E-state index contributed by atoms with van der Waals surface area (Å²) in [6.45, 7) is 1.63. The van der Waals surface area contributed by atoms with Crippen LogP contribution in [0.5, 0.6) is 11.5 Å². The van der Waals surface area contributed by atoms with Crippen LogP contribution in [0.25, 0.3) is 0 Å². The molecule has 0 radical (unpaired) electrons. The molecule has 2 rings (SSSR count). The average molecular weight is 329 g/mol. The maximum absolute atomic E-state index is 5.83. The molecular weight excluding hydrogens is 308 g/mol. The first-order valence-corrected chi connectivity index (χ1v) is 7.93. The highest BCUT2D eigenvalue weighted by molar-refractivity contribution is 9.08. The Labute approximate surface area is 123 Å². The predicted octanol–water partition coefficient (Wildman–Crippen LogP) is 3.93. The van der Waals surface area contributed by atoms with Crippen LogP contribution in [-0.2, 0) is 10.1 Å². The molecule has 1 aliphatic rings. The number of ether oxygens (including phenoxy) is 3. The highest BCUT2D eigenvalue weighted by atomic mass is 79.9. The van der Waals surface area contributed by atoms with Gasteiger partial charge in [0.25, 0.3) is 0 Å². The van der Waals surface area contributed by atoms with Gasteiger partial charge in [-0.2, -0.15) is 0 Å². The van der Waals surface area contributed by atoms with Crippen molar-refractivity contribution in [2.45, 2.75) is 37.1 Å². The van der Waals surface area contributed by atoms with Crippen molar-refractivity contribution in [1.82, 2.24) is 0 Å². The zero-order valence-corrected chi connectivity index (χ0v) is 12.9. The maximum Gasteiger partial charge on any atom is 0.161 e. The zero-order chi connectivity index (χ0) is 13.5. The Bertz CT molecular complexity index is 389. The van der Waals surface area contributed by atoms with Crippen LogP contribution in [0.3, 0.4) is 0 Å². The fourth-order valence-corrected chi connectivity index (χ4v) is 2.63. The molecule has 19 heavy (non-hydrogen) atoms. The third-order valence-electron chi connectivity index (χ3n) is 3.33. The van der Waals surface area contributed by atoms with E-state index in [1.165, 1.54) is 18.4 Å². The van der Waals surface area contributed by atoms with E-state index in [0.717, 1.165) is 36.3 Å². The van der Waals surface area contributed by atoms with Crippen molar-refractivity contribution in [2.24, 2.45) is 0 Å². The number of hydrogen-bond acceptors (Lipinski definition) is 3. The van der Waals surface area contributed by atoms with E-state index >= 15 is 0 Å². The van der Waals surface area contributed by atoms with E-state index in [4.69, 9.17) is 14.2 Å². The molecular formula is C15H21BrO3. The molecule has 1 aromatic rings. The van der Waals surface area contributed by atoms with E-state index in [9.17, 15) is 0 Å². The topological polar surface area (TPSA) is 27.7 Å². The van der Waals surface area contributed by atoms with Gasteiger partial charge >= 0.3 is 0 Å². The Balaban J connectivity index is 1.80. The number of halogens is 1. The monoisotopic (exact) mass is 328 g/mol. The molecule has 1 fully saturated rings. The molecule has 0 spiro atoms.